The van der Waals surface area contributed by atoms with Gasteiger partial charge < -0.3 is 9.32 Å². The Hall–Kier alpha value is -8.20. The van der Waals surface area contributed by atoms with Crippen molar-refractivity contribution in [1.82, 2.24) is 0 Å². The van der Waals surface area contributed by atoms with Crippen LogP contribution < -0.4 is 4.90 Å². The highest BCUT2D eigenvalue weighted by atomic mass is 16.3. The molecule has 13 rings (SSSR count). The van der Waals surface area contributed by atoms with Gasteiger partial charge in [-0.05, 0) is 97.6 Å². The van der Waals surface area contributed by atoms with Crippen LogP contribution in [0.15, 0.2) is 241 Å². The minimum Gasteiger partial charge on any atom is -0.455 e. The van der Waals surface area contributed by atoms with Crippen molar-refractivity contribution in [2.45, 2.75) is 5.41 Å². The molecule has 294 valence electrons. The van der Waals surface area contributed by atoms with E-state index in [0.717, 1.165) is 55.7 Å². The highest BCUT2D eigenvalue weighted by Crippen LogP contribution is 2.66. The molecule has 2 aliphatic carbocycles. The summed E-state index contributed by atoms with van der Waals surface area (Å²) < 4.78 is 6.90. The van der Waals surface area contributed by atoms with E-state index in [0.29, 0.717) is 0 Å². The van der Waals surface area contributed by atoms with Gasteiger partial charge in [0.1, 0.15) is 11.2 Å². The fourth-order valence-corrected chi connectivity index (χ4v) is 10.9. The van der Waals surface area contributed by atoms with Crippen molar-refractivity contribution < 1.29 is 4.42 Å². The lowest BCUT2D eigenvalue weighted by Gasteiger charge is -2.36. The topological polar surface area (TPSA) is 16.4 Å². The Kier molecular flexibility index (Phi) is 7.85. The molecule has 0 fully saturated rings. The molecule has 1 heterocycles. The zero-order valence-corrected chi connectivity index (χ0v) is 34.4. The second-order valence-electron chi connectivity index (χ2n) is 16.7. The molecule has 1 atom stereocenters. The Labute approximate surface area is 366 Å². The van der Waals surface area contributed by atoms with Crippen molar-refractivity contribution >= 4 is 39.0 Å². The number of nitrogens with zero attached hydrogens (tertiary/aromatic N) is 1. The quantitative estimate of drug-likeness (QED) is 0.167. The van der Waals surface area contributed by atoms with E-state index in [4.69, 9.17) is 4.42 Å². The summed E-state index contributed by atoms with van der Waals surface area (Å²) in [7, 11) is 0. The molecule has 1 unspecified atom stereocenters. The Bertz CT molecular complexity index is 3570. The van der Waals surface area contributed by atoms with E-state index >= 15 is 0 Å². The van der Waals surface area contributed by atoms with Crippen molar-refractivity contribution in [2.24, 2.45) is 0 Å². The molecule has 2 aliphatic rings. The van der Waals surface area contributed by atoms with Crippen LogP contribution >= 0.6 is 0 Å². The van der Waals surface area contributed by atoms with Gasteiger partial charge in [0.25, 0.3) is 0 Å². The Morgan fingerprint density at radius 2 is 0.921 bits per heavy atom. The van der Waals surface area contributed by atoms with Gasteiger partial charge in [-0.1, -0.05) is 200 Å². The van der Waals surface area contributed by atoms with E-state index in [1.807, 2.05) is 0 Å². The van der Waals surface area contributed by atoms with Gasteiger partial charge in [-0.2, -0.15) is 0 Å². The molecule has 1 spiro atoms. The van der Waals surface area contributed by atoms with Gasteiger partial charge in [0.05, 0.1) is 16.8 Å². The predicted octanol–water partition coefficient (Wildman–Crippen LogP) is 16.4. The number of benzene rings is 10. The summed E-state index contributed by atoms with van der Waals surface area (Å²) in [5, 5.41) is 2.28. The zero-order chi connectivity index (χ0) is 41.5. The summed E-state index contributed by atoms with van der Waals surface area (Å²) in [5.74, 6) is 0. The molecule has 0 amide bonds. The van der Waals surface area contributed by atoms with Gasteiger partial charge in [0.15, 0.2) is 0 Å². The molecule has 10 aromatic carbocycles. The molecule has 0 aliphatic heterocycles. The third-order valence-electron chi connectivity index (χ3n) is 13.5. The molecule has 0 N–H and O–H groups in total. The first-order chi connectivity index (χ1) is 31.3. The maximum atomic E-state index is 6.90. The molecule has 2 heteroatoms. The van der Waals surface area contributed by atoms with E-state index in [-0.39, 0.29) is 0 Å². The molecule has 0 saturated carbocycles. The largest absolute Gasteiger partial charge is 0.455 e. The van der Waals surface area contributed by atoms with Crippen LogP contribution in [-0.2, 0) is 5.41 Å². The lowest BCUT2D eigenvalue weighted by molar-refractivity contribution is 0.669. The first kappa shape index (κ1) is 35.5. The standard InChI is InChI=1S/C61H39NO/c1-4-18-40(19-5-1)43-24-16-25-45(38-43)62(55-37-34-44(41-20-6-2-7-21-41)39-51(55)42-22-8-3-9-23-42)56-32-17-29-48-46-26-10-13-30-52(46)61(59(48)56)53-31-14-11-28-50(53)58-54(61)36-35-49-47-27-12-15-33-57(47)63-60(49)58/h1-39H. The van der Waals surface area contributed by atoms with Gasteiger partial charge in [-0.3, -0.25) is 0 Å². The molecule has 63 heavy (non-hydrogen) atoms. The molecule has 0 radical (unpaired) electrons. The minimum atomic E-state index is -0.645. The smallest absolute Gasteiger partial charge is 0.143 e. The molecular weight excluding hydrogens is 763 g/mol. The number of fused-ring (bicyclic) bond motifs is 14. The van der Waals surface area contributed by atoms with E-state index < -0.39 is 5.41 Å². The van der Waals surface area contributed by atoms with Gasteiger partial charge in [0.2, 0.25) is 0 Å². The third-order valence-corrected chi connectivity index (χ3v) is 13.5. The molecule has 11 aromatic rings. The van der Waals surface area contributed by atoms with Crippen LogP contribution in [0.1, 0.15) is 22.3 Å². The summed E-state index contributed by atoms with van der Waals surface area (Å²) in [4.78, 5) is 2.54. The maximum absolute atomic E-state index is 6.90. The normalized spacial score (nSPS) is 14.4. The SMILES string of the molecule is c1ccc(-c2cccc(N(c3ccc(-c4ccccc4)cc3-c3ccccc3)c3cccc4c3C3(c5ccccc5-4)c4ccccc4-c4c3ccc3c4oc4ccccc43)c2)cc1. The van der Waals surface area contributed by atoms with Crippen LogP contribution in [0.4, 0.5) is 17.1 Å². The van der Waals surface area contributed by atoms with Gasteiger partial charge >= 0.3 is 0 Å². The number of anilines is 3. The lowest BCUT2D eigenvalue weighted by atomic mass is 9.70. The summed E-state index contributed by atoms with van der Waals surface area (Å²) in [6, 6.07) is 86.6. The first-order valence-corrected chi connectivity index (χ1v) is 21.8. The number of para-hydroxylation sites is 1. The highest BCUT2D eigenvalue weighted by Gasteiger charge is 2.54. The van der Waals surface area contributed by atoms with Crippen LogP contribution in [0.25, 0.3) is 77.6 Å². The average Bonchev–Trinajstić information content (AvgIpc) is 4.00. The average molecular weight is 802 g/mol. The molecular formula is C61H39NO. The van der Waals surface area contributed by atoms with Crippen LogP contribution in [0.2, 0.25) is 0 Å². The van der Waals surface area contributed by atoms with Crippen molar-refractivity contribution in [2.75, 3.05) is 4.90 Å². The number of hydrogen-bond donors (Lipinski definition) is 0. The van der Waals surface area contributed by atoms with Gasteiger partial charge in [0, 0.05) is 33.2 Å². The minimum absolute atomic E-state index is 0.645. The van der Waals surface area contributed by atoms with E-state index in [1.54, 1.807) is 0 Å². The maximum Gasteiger partial charge on any atom is 0.143 e. The van der Waals surface area contributed by atoms with E-state index in [9.17, 15) is 0 Å². The summed E-state index contributed by atoms with van der Waals surface area (Å²) >= 11 is 0. The number of rotatable bonds is 6. The van der Waals surface area contributed by atoms with Crippen LogP contribution in [-0.4, -0.2) is 0 Å². The Balaban J connectivity index is 1.15. The van der Waals surface area contributed by atoms with Crippen LogP contribution in [0.5, 0.6) is 0 Å². The predicted molar refractivity (Wildman–Crippen MR) is 261 cm³/mol. The summed E-state index contributed by atoms with van der Waals surface area (Å²) in [5.41, 5.74) is 21.5. The second kappa shape index (κ2) is 13.9. The summed E-state index contributed by atoms with van der Waals surface area (Å²) in [6.07, 6.45) is 0. The second-order valence-corrected chi connectivity index (χ2v) is 16.7. The van der Waals surface area contributed by atoms with Crippen molar-refractivity contribution in [1.29, 1.82) is 0 Å². The molecule has 1 aromatic heterocycles. The summed E-state index contributed by atoms with van der Waals surface area (Å²) in [6.45, 7) is 0. The Morgan fingerprint density at radius 3 is 1.68 bits per heavy atom. The van der Waals surface area contributed by atoms with Crippen molar-refractivity contribution in [3.8, 4) is 55.6 Å². The van der Waals surface area contributed by atoms with Crippen LogP contribution in [0.3, 0.4) is 0 Å². The number of hydrogen-bond acceptors (Lipinski definition) is 2. The zero-order valence-electron chi connectivity index (χ0n) is 34.4. The monoisotopic (exact) mass is 801 g/mol. The van der Waals surface area contributed by atoms with Crippen molar-refractivity contribution in [3.63, 3.8) is 0 Å². The first-order valence-electron chi connectivity index (χ1n) is 21.8. The molecule has 0 saturated heterocycles. The van der Waals surface area contributed by atoms with E-state index in [1.165, 1.54) is 61.2 Å². The third kappa shape index (κ3) is 5.19. The van der Waals surface area contributed by atoms with Gasteiger partial charge in [-0.25, -0.2) is 0 Å². The Morgan fingerprint density at radius 1 is 0.333 bits per heavy atom. The highest BCUT2D eigenvalue weighted by molar-refractivity contribution is 6.13. The van der Waals surface area contributed by atoms with Crippen molar-refractivity contribution in [3.05, 3.63) is 259 Å². The lowest BCUT2D eigenvalue weighted by Crippen LogP contribution is -2.28. The van der Waals surface area contributed by atoms with E-state index in [2.05, 4.69) is 241 Å². The molecule has 0 bridgehead atoms. The fraction of sp³-hybridized carbons (Fsp3) is 0.0164. The fourth-order valence-electron chi connectivity index (χ4n) is 10.9. The molecule has 2 nitrogen and oxygen atoms in total. The van der Waals surface area contributed by atoms with Gasteiger partial charge in [-0.15, -0.1) is 0 Å². The number of furan rings is 1. The van der Waals surface area contributed by atoms with Crippen LogP contribution in [0, 0.1) is 0 Å².